The van der Waals surface area contributed by atoms with E-state index < -0.39 is 0 Å². The van der Waals surface area contributed by atoms with E-state index in [2.05, 4.69) is 87.5 Å². The first-order valence-electron chi connectivity index (χ1n) is 7.89. The van der Waals surface area contributed by atoms with Gasteiger partial charge in [0.15, 0.2) is 0 Å². The van der Waals surface area contributed by atoms with Crippen LogP contribution < -0.4 is 0 Å². The average Bonchev–Trinajstić information content (AvgIpc) is 2.52. The Kier molecular flexibility index (Phi) is 2.77. The van der Waals surface area contributed by atoms with Gasteiger partial charge in [-0.25, -0.2) is 0 Å². The minimum absolute atomic E-state index is 0.117. The molecule has 0 N–H and O–H groups in total. The van der Waals surface area contributed by atoms with Crippen molar-refractivity contribution in [2.75, 3.05) is 0 Å². The van der Waals surface area contributed by atoms with Crippen LogP contribution in [0.2, 0.25) is 0 Å². The maximum Gasteiger partial charge on any atom is -0.00615 e. The van der Waals surface area contributed by atoms with Gasteiger partial charge in [-0.15, -0.1) is 0 Å². The van der Waals surface area contributed by atoms with Crippen molar-refractivity contribution in [2.45, 2.75) is 26.2 Å². The smallest absolute Gasteiger partial charge is 0.00615 e. The van der Waals surface area contributed by atoms with Gasteiger partial charge in [-0.3, -0.25) is 0 Å². The van der Waals surface area contributed by atoms with Crippen LogP contribution in [0.3, 0.4) is 0 Å². The molecule has 0 unspecified atom stereocenters. The van der Waals surface area contributed by atoms with Gasteiger partial charge in [0, 0.05) is 0 Å². The molecule has 0 saturated heterocycles. The lowest BCUT2D eigenvalue weighted by Crippen LogP contribution is -2.12. The van der Waals surface area contributed by atoms with E-state index in [9.17, 15) is 0 Å². The summed E-state index contributed by atoms with van der Waals surface area (Å²) in [6.07, 6.45) is 0. The topological polar surface area (TPSA) is 0 Å². The number of hydrogen-bond acceptors (Lipinski definition) is 0. The second kappa shape index (κ2) is 4.58. The van der Waals surface area contributed by atoms with Gasteiger partial charge >= 0.3 is 0 Å². The standard InChI is InChI=1S/C22H20/c1-22(2,3)20-14-16-9-5-6-10-17(16)19-13-12-15-8-4-7-11-18(15)21(19)20/h4-14H,1-3H3. The Morgan fingerprint density at radius 3 is 1.95 bits per heavy atom. The molecule has 0 aliphatic rings. The summed E-state index contributed by atoms with van der Waals surface area (Å²) in [6, 6.07) is 24.3. The molecule has 0 amide bonds. The first-order valence-corrected chi connectivity index (χ1v) is 7.89. The molecule has 0 atom stereocenters. The number of hydrogen-bond donors (Lipinski definition) is 0. The van der Waals surface area contributed by atoms with Gasteiger partial charge in [-0.05, 0) is 49.4 Å². The molecule has 4 aromatic carbocycles. The lowest BCUT2D eigenvalue weighted by atomic mass is 9.80. The highest BCUT2D eigenvalue weighted by Gasteiger charge is 2.19. The van der Waals surface area contributed by atoms with Crippen LogP contribution in [0.25, 0.3) is 32.3 Å². The molecule has 0 spiro atoms. The summed E-state index contributed by atoms with van der Waals surface area (Å²) in [5.41, 5.74) is 1.55. The second-order valence-electron chi connectivity index (χ2n) is 7.10. The van der Waals surface area contributed by atoms with Crippen LogP contribution in [0, 0.1) is 0 Å². The van der Waals surface area contributed by atoms with Crippen molar-refractivity contribution in [2.24, 2.45) is 0 Å². The fourth-order valence-corrected chi connectivity index (χ4v) is 3.47. The van der Waals surface area contributed by atoms with E-state index in [0.29, 0.717) is 0 Å². The Labute approximate surface area is 131 Å². The molecule has 0 bridgehead atoms. The largest absolute Gasteiger partial charge is 0.0616 e. The molecule has 108 valence electrons. The molecule has 0 aromatic heterocycles. The Morgan fingerprint density at radius 2 is 1.23 bits per heavy atom. The van der Waals surface area contributed by atoms with Crippen molar-refractivity contribution in [3.63, 3.8) is 0 Å². The summed E-state index contributed by atoms with van der Waals surface area (Å²) in [7, 11) is 0. The minimum atomic E-state index is 0.117. The molecule has 0 radical (unpaired) electrons. The molecule has 0 aliphatic carbocycles. The summed E-state index contributed by atoms with van der Waals surface area (Å²) >= 11 is 0. The van der Waals surface area contributed by atoms with E-state index in [-0.39, 0.29) is 5.41 Å². The predicted molar refractivity (Wildman–Crippen MR) is 97.7 cm³/mol. The highest BCUT2D eigenvalue weighted by molar-refractivity contribution is 6.19. The van der Waals surface area contributed by atoms with Crippen molar-refractivity contribution in [3.05, 3.63) is 72.3 Å². The first kappa shape index (κ1) is 13.3. The lowest BCUT2D eigenvalue weighted by molar-refractivity contribution is 0.597. The van der Waals surface area contributed by atoms with Gasteiger partial charge in [-0.1, -0.05) is 81.4 Å². The highest BCUT2D eigenvalue weighted by atomic mass is 14.2. The molecule has 4 aromatic rings. The fraction of sp³-hybridized carbons (Fsp3) is 0.182. The van der Waals surface area contributed by atoms with Gasteiger partial charge in [-0.2, -0.15) is 0 Å². The fourth-order valence-electron chi connectivity index (χ4n) is 3.47. The zero-order chi connectivity index (χ0) is 15.3. The van der Waals surface area contributed by atoms with Crippen molar-refractivity contribution >= 4 is 32.3 Å². The van der Waals surface area contributed by atoms with E-state index in [1.165, 1.54) is 37.9 Å². The van der Waals surface area contributed by atoms with Crippen molar-refractivity contribution < 1.29 is 0 Å². The monoisotopic (exact) mass is 284 g/mol. The molecule has 4 rings (SSSR count). The molecular weight excluding hydrogens is 264 g/mol. The van der Waals surface area contributed by atoms with E-state index in [0.717, 1.165) is 0 Å². The van der Waals surface area contributed by atoms with Crippen molar-refractivity contribution in [1.82, 2.24) is 0 Å². The van der Waals surface area contributed by atoms with Crippen LogP contribution in [-0.2, 0) is 5.41 Å². The summed E-state index contributed by atoms with van der Waals surface area (Å²) < 4.78 is 0. The number of rotatable bonds is 0. The second-order valence-corrected chi connectivity index (χ2v) is 7.10. The van der Waals surface area contributed by atoms with Gasteiger partial charge in [0.2, 0.25) is 0 Å². The van der Waals surface area contributed by atoms with Crippen LogP contribution >= 0.6 is 0 Å². The molecule has 0 heteroatoms. The van der Waals surface area contributed by atoms with Gasteiger partial charge in [0.05, 0.1) is 0 Å². The predicted octanol–water partition coefficient (Wildman–Crippen LogP) is 6.44. The molecule has 0 aliphatic heterocycles. The van der Waals surface area contributed by atoms with Crippen LogP contribution in [0.4, 0.5) is 0 Å². The zero-order valence-corrected chi connectivity index (χ0v) is 13.4. The lowest BCUT2D eigenvalue weighted by Gasteiger charge is -2.24. The summed E-state index contributed by atoms with van der Waals surface area (Å²) in [6.45, 7) is 6.91. The SMILES string of the molecule is CC(C)(C)c1cc2ccccc2c2ccc3ccccc3c12. The quantitative estimate of drug-likeness (QED) is 0.326. The average molecular weight is 284 g/mol. The zero-order valence-electron chi connectivity index (χ0n) is 13.4. The van der Waals surface area contributed by atoms with Crippen molar-refractivity contribution in [3.8, 4) is 0 Å². The molecule has 0 nitrogen and oxygen atoms in total. The Bertz CT molecular complexity index is 1000. The van der Waals surface area contributed by atoms with Crippen LogP contribution in [0.1, 0.15) is 26.3 Å². The third-order valence-corrected chi connectivity index (χ3v) is 4.56. The molecule has 0 saturated carbocycles. The third-order valence-electron chi connectivity index (χ3n) is 4.56. The Balaban J connectivity index is 2.34. The number of benzene rings is 4. The summed E-state index contributed by atoms with van der Waals surface area (Å²) in [4.78, 5) is 0. The van der Waals surface area contributed by atoms with Gasteiger partial charge in [0.25, 0.3) is 0 Å². The van der Waals surface area contributed by atoms with E-state index in [4.69, 9.17) is 0 Å². The van der Waals surface area contributed by atoms with Crippen molar-refractivity contribution in [1.29, 1.82) is 0 Å². The van der Waals surface area contributed by atoms with Crippen LogP contribution in [-0.4, -0.2) is 0 Å². The van der Waals surface area contributed by atoms with Gasteiger partial charge in [0.1, 0.15) is 0 Å². The number of fused-ring (bicyclic) bond motifs is 5. The maximum atomic E-state index is 2.38. The molecule has 0 heterocycles. The van der Waals surface area contributed by atoms with E-state index in [1.807, 2.05) is 0 Å². The molecular formula is C22H20. The molecule has 0 fully saturated rings. The Morgan fingerprint density at radius 1 is 0.591 bits per heavy atom. The highest BCUT2D eigenvalue weighted by Crippen LogP contribution is 2.39. The molecule has 22 heavy (non-hydrogen) atoms. The van der Waals surface area contributed by atoms with E-state index >= 15 is 0 Å². The van der Waals surface area contributed by atoms with E-state index in [1.54, 1.807) is 0 Å². The summed E-state index contributed by atoms with van der Waals surface area (Å²) in [5.74, 6) is 0. The Hall–Kier alpha value is -2.34. The first-order chi connectivity index (χ1) is 10.6. The minimum Gasteiger partial charge on any atom is -0.0616 e. The third kappa shape index (κ3) is 1.91. The van der Waals surface area contributed by atoms with Crippen LogP contribution in [0.15, 0.2) is 66.7 Å². The van der Waals surface area contributed by atoms with Gasteiger partial charge < -0.3 is 0 Å². The normalized spacial score (nSPS) is 12.3. The maximum absolute atomic E-state index is 2.38. The summed E-state index contributed by atoms with van der Waals surface area (Å²) in [5, 5.41) is 8.11. The van der Waals surface area contributed by atoms with Crippen LogP contribution in [0.5, 0.6) is 0 Å².